The molecule has 4 heteroatoms. The van der Waals surface area contributed by atoms with Crippen molar-refractivity contribution in [2.45, 2.75) is 110 Å². The van der Waals surface area contributed by atoms with Crippen LogP contribution in [-0.2, 0) is 19.1 Å². The van der Waals surface area contributed by atoms with Crippen molar-refractivity contribution >= 4 is 11.9 Å². The quantitative estimate of drug-likeness (QED) is 0.145. The lowest BCUT2D eigenvalue weighted by atomic mass is 10.1. The standard InChI is InChI=1S/C23H42O4/c1-3-5-7-9-11-13-15-17-21-27-23(25)19-18-22(24)26-20-16-14-12-10-8-6-4-2/h18-19H,3-17,20-21H2,1-2H3/b19-18+. The first-order valence-corrected chi connectivity index (χ1v) is 11.2. The zero-order valence-corrected chi connectivity index (χ0v) is 17.8. The van der Waals surface area contributed by atoms with Crippen molar-refractivity contribution in [2.24, 2.45) is 0 Å². The van der Waals surface area contributed by atoms with Crippen LogP contribution in [0.2, 0.25) is 0 Å². The van der Waals surface area contributed by atoms with E-state index in [0.29, 0.717) is 13.2 Å². The van der Waals surface area contributed by atoms with Gasteiger partial charge in [0.1, 0.15) is 0 Å². The highest BCUT2D eigenvalue weighted by Gasteiger charge is 2.01. The Labute approximate surface area is 167 Å². The molecule has 0 spiro atoms. The molecule has 0 aliphatic heterocycles. The molecule has 0 saturated heterocycles. The molecule has 0 aromatic rings. The third kappa shape index (κ3) is 20.8. The fourth-order valence-electron chi connectivity index (χ4n) is 2.87. The van der Waals surface area contributed by atoms with Gasteiger partial charge in [0.2, 0.25) is 0 Å². The van der Waals surface area contributed by atoms with Crippen LogP contribution in [0.3, 0.4) is 0 Å². The molecule has 0 bridgehead atoms. The van der Waals surface area contributed by atoms with Crippen LogP contribution in [-0.4, -0.2) is 25.2 Å². The second-order valence-corrected chi connectivity index (χ2v) is 7.26. The van der Waals surface area contributed by atoms with E-state index in [4.69, 9.17) is 9.47 Å². The van der Waals surface area contributed by atoms with Crippen LogP contribution in [0.1, 0.15) is 110 Å². The van der Waals surface area contributed by atoms with E-state index >= 15 is 0 Å². The molecule has 4 nitrogen and oxygen atoms in total. The summed E-state index contributed by atoms with van der Waals surface area (Å²) in [6.45, 7) is 5.27. The van der Waals surface area contributed by atoms with Crippen LogP contribution >= 0.6 is 0 Å². The highest BCUT2D eigenvalue weighted by Crippen LogP contribution is 2.08. The van der Waals surface area contributed by atoms with Gasteiger partial charge < -0.3 is 9.47 Å². The highest BCUT2D eigenvalue weighted by molar-refractivity contribution is 5.91. The summed E-state index contributed by atoms with van der Waals surface area (Å²) in [4.78, 5) is 23.1. The molecule has 0 saturated carbocycles. The van der Waals surface area contributed by atoms with Crippen molar-refractivity contribution in [1.29, 1.82) is 0 Å². The van der Waals surface area contributed by atoms with Crippen molar-refractivity contribution in [3.05, 3.63) is 12.2 Å². The molecule has 0 unspecified atom stereocenters. The Morgan fingerprint density at radius 1 is 0.519 bits per heavy atom. The molecular formula is C23H42O4. The van der Waals surface area contributed by atoms with E-state index in [9.17, 15) is 9.59 Å². The van der Waals surface area contributed by atoms with E-state index in [1.165, 1.54) is 70.6 Å². The summed E-state index contributed by atoms with van der Waals surface area (Å²) in [5.41, 5.74) is 0. The van der Waals surface area contributed by atoms with Crippen LogP contribution in [0.5, 0.6) is 0 Å². The van der Waals surface area contributed by atoms with E-state index in [1.807, 2.05) is 0 Å². The van der Waals surface area contributed by atoms with Gasteiger partial charge in [-0.15, -0.1) is 0 Å². The summed E-state index contributed by atoms with van der Waals surface area (Å²) in [5, 5.41) is 0. The average molecular weight is 383 g/mol. The van der Waals surface area contributed by atoms with Gasteiger partial charge in [0.15, 0.2) is 0 Å². The minimum atomic E-state index is -0.468. The third-order valence-corrected chi connectivity index (χ3v) is 4.59. The molecule has 0 amide bonds. The summed E-state index contributed by atoms with van der Waals surface area (Å²) >= 11 is 0. The molecule has 158 valence electrons. The molecule has 0 rings (SSSR count). The van der Waals surface area contributed by atoms with Crippen LogP contribution in [0, 0.1) is 0 Å². The van der Waals surface area contributed by atoms with Crippen molar-refractivity contribution in [1.82, 2.24) is 0 Å². The van der Waals surface area contributed by atoms with Gasteiger partial charge in [-0.3, -0.25) is 0 Å². The Morgan fingerprint density at radius 2 is 0.815 bits per heavy atom. The summed E-state index contributed by atoms with van der Waals surface area (Å²) in [6.07, 6.45) is 20.3. The van der Waals surface area contributed by atoms with E-state index in [1.54, 1.807) is 0 Å². The molecule has 0 radical (unpaired) electrons. The van der Waals surface area contributed by atoms with E-state index in [2.05, 4.69) is 13.8 Å². The molecule has 0 fully saturated rings. The van der Waals surface area contributed by atoms with Crippen molar-refractivity contribution in [3.63, 3.8) is 0 Å². The van der Waals surface area contributed by atoms with Crippen LogP contribution in [0.15, 0.2) is 12.2 Å². The second-order valence-electron chi connectivity index (χ2n) is 7.26. The van der Waals surface area contributed by atoms with Gasteiger partial charge in [-0.25, -0.2) is 9.59 Å². The smallest absolute Gasteiger partial charge is 0.331 e. The molecule has 0 aromatic carbocycles. The van der Waals surface area contributed by atoms with Gasteiger partial charge in [-0.05, 0) is 12.8 Å². The van der Waals surface area contributed by atoms with E-state index in [-0.39, 0.29) is 0 Å². The monoisotopic (exact) mass is 382 g/mol. The Bertz CT molecular complexity index is 377. The molecule has 0 aromatic heterocycles. The summed E-state index contributed by atoms with van der Waals surface area (Å²) < 4.78 is 10.2. The Morgan fingerprint density at radius 3 is 1.15 bits per heavy atom. The Balaban J connectivity index is 3.44. The number of carbonyl (C=O) groups is 2. The zero-order valence-electron chi connectivity index (χ0n) is 17.8. The first kappa shape index (κ1) is 25.7. The molecule has 0 N–H and O–H groups in total. The molecule has 0 atom stereocenters. The van der Waals surface area contributed by atoms with Gasteiger partial charge in [-0.1, -0.05) is 97.3 Å². The Hall–Kier alpha value is -1.32. The van der Waals surface area contributed by atoms with Gasteiger partial charge in [0, 0.05) is 12.2 Å². The van der Waals surface area contributed by atoms with Gasteiger partial charge in [0.05, 0.1) is 13.2 Å². The fraction of sp³-hybridized carbons (Fsp3) is 0.826. The topological polar surface area (TPSA) is 52.6 Å². The third-order valence-electron chi connectivity index (χ3n) is 4.59. The lowest BCUT2D eigenvalue weighted by Crippen LogP contribution is -2.06. The molecule has 0 aliphatic rings. The first-order chi connectivity index (χ1) is 13.2. The average Bonchev–Trinajstić information content (AvgIpc) is 2.67. The fourth-order valence-corrected chi connectivity index (χ4v) is 2.87. The number of ether oxygens (including phenoxy) is 2. The SMILES string of the molecule is CCCCCCCCCCOC(=O)/C=C/C(=O)OCCCCCCCCC. The lowest BCUT2D eigenvalue weighted by Gasteiger charge is -2.03. The van der Waals surface area contributed by atoms with Crippen molar-refractivity contribution < 1.29 is 19.1 Å². The number of rotatable bonds is 19. The number of carbonyl (C=O) groups excluding carboxylic acids is 2. The summed E-state index contributed by atoms with van der Waals surface area (Å²) in [7, 11) is 0. The number of hydrogen-bond acceptors (Lipinski definition) is 4. The lowest BCUT2D eigenvalue weighted by molar-refractivity contribution is -0.140. The predicted octanol–water partition coefficient (Wildman–Crippen LogP) is 6.52. The molecular weight excluding hydrogens is 340 g/mol. The van der Waals surface area contributed by atoms with Crippen molar-refractivity contribution in [2.75, 3.05) is 13.2 Å². The molecule has 0 heterocycles. The maximum atomic E-state index is 11.5. The number of esters is 2. The van der Waals surface area contributed by atoms with Gasteiger partial charge in [-0.2, -0.15) is 0 Å². The minimum absolute atomic E-state index is 0.421. The maximum absolute atomic E-state index is 11.5. The normalized spacial score (nSPS) is 11.0. The molecule has 27 heavy (non-hydrogen) atoms. The zero-order chi connectivity index (χ0) is 20.0. The van der Waals surface area contributed by atoms with Gasteiger partial charge >= 0.3 is 11.9 Å². The van der Waals surface area contributed by atoms with Crippen LogP contribution in [0.4, 0.5) is 0 Å². The van der Waals surface area contributed by atoms with Crippen molar-refractivity contribution in [3.8, 4) is 0 Å². The van der Waals surface area contributed by atoms with Gasteiger partial charge in [0.25, 0.3) is 0 Å². The largest absolute Gasteiger partial charge is 0.463 e. The number of hydrogen-bond donors (Lipinski definition) is 0. The van der Waals surface area contributed by atoms with E-state index in [0.717, 1.165) is 37.8 Å². The minimum Gasteiger partial charge on any atom is -0.463 e. The summed E-state index contributed by atoms with van der Waals surface area (Å²) in [5.74, 6) is -0.934. The second kappa shape index (κ2) is 21.0. The Kier molecular flexibility index (Phi) is 20.0. The predicted molar refractivity (Wildman–Crippen MR) is 112 cm³/mol. The van der Waals surface area contributed by atoms with Crippen LogP contribution < -0.4 is 0 Å². The summed E-state index contributed by atoms with van der Waals surface area (Å²) in [6, 6.07) is 0. The van der Waals surface area contributed by atoms with E-state index < -0.39 is 11.9 Å². The number of unbranched alkanes of at least 4 members (excludes halogenated alkanes) is 13. The first-order valence-electron chi connectivity index (χ1n) is 11.2. The maximum Gasteiger partial charge on any atom is 0.331 e. The van der Waals surface area contributed by atoms with Crippen LogP contribution in [0.25, 0.3) is 0 Å². The highest BCUT2D eigenvalue weighted by atomic mass is 16.5. The molecule has 0 aliphatic carbocycles.